The van der Waals surface area contributed by atoms with Gasteiger partial charge in [0.2, 0.25) is 0 Å². The summed E-state index contributed by atoms with van der Waals surface area (Å²) in [5.41, 5.74) is 3.89. The number of hydrogen-bond acceptors (Lipinski definition) is 5. The molecule has 6 nitrogen and oxygen atoms in total. The second kappa shape index (κ2) is 8.97. The van der Waals surface area contributed by atoms with Gasteiger partial charge in [-0.05, 0) is 48.4 Å². The summed E-state index contributed by atoms with van der Waals surface area (Å²) in [5.74, 6) is -0.831. The lowest BCUT2D eigenvalue weighted by Gasteiger charge is -2.17. The molecule has 1 aromatic heterocycles. The van der Waals surface area contributed by atoms with Gasteiger partial charge in [0, 0.05) is 10.9 Å². The van der Waals surface area contributed by atoms with Crippen molar-refractivity contribution in [1.82, 2.24) is 4.98 Å². The molecule has 7 heteroatoms. The zero-order chi connectivity index (χ0) is 23.5. The summed E-state index contributed by atoms with van der Waals surface area (Å²) in [6, 6.07) is 20.4. The van der Waals surface area contributed by atoms with Crippen LogP contribution in [0.1, 0.15) is 12.5 Å². The summed E-state index contributed by atoms with van der Waals surface area (Å²) in [4.78, 5) is 16.0. The minimum absolute atomic E-state index is 0.151. The molecule has 0 fully saturated rings. The van der Waals surface area contributed by atoms with E-state index in [4.69, 9.17) is 4.74 Å². The first-order valence-corrected chi connectivity index (χ1v) is 10.2. The van der Waals surface area contributed by atoms with Gasteiger partial charge in [-0.3, -0.25) is 4.79 Å². The van der Waals surface area contributed by atoms with Crippen molar-refractivity contribution < 1.29 is 19.0 Å². The third-order valence-electron chi connectivity index (χ3n) is 5.37. The largest absolute Gasteiger partial charge is 0.497 e. The number of carboxylic acid groups (broad SMARTS) is 1. The number of pyridine rings is 1. The van der Waals surface area contributed by atoms with Crippen LogP contribution in [0.25, 0.3) is 33.3 Å². The van der Waals surface area contributed by atoms with Gasteiger partial charge in [-0.15, -0.1) is 0 Å². The SMILES string of the molecule is COc1ccc(-c2ccc(-c3nc4ccc(F)cc4c(NC(C)C(=O)O)c3C#N)cc2)cc1. The number of nitrogens with one attached hydrogen (secondary N) is 1. The van der Waals surface area contributed by atoms with Crippen molar-refractivity contribution in [2.45, 2.75) is 13.0 Å². The number of carbonyl (C=O) groups is 1. The van der Waals surface area contributed by atoms with Crippen LogP contribution in [-0.2, 0) is 4.79 Å². The maximum absolute atomic E-state index is 14.0. The lowest BCUT2D eigenvalue weighted by molar-refractivity contribution is -0.137. The highest BCUT2D eigenvalue weighted by Gasteiger charge is 2.20. The molecular weight excluding hydrogens is 421 g/mol. The molecule has 4 rings (SSSR count). The van der Waals surface area contributed by atoms with Gasteiger partial charge in [0.1, 0.15) is 29.2 Å². The number of anilines is 1. The first-order chi connectivity index (χ1) is 15.9. The molecule has 3 aromatic carbocycles. The van der Waals surface area contributed by atoms with Gasteiger partial charge < -0.3 is 15.2 Å². The smallest absolute Gasteiger partial charge is 0.325 e. The zero-order valence-corrected chi connectivity index (χ0v) is 18.0. The molecule has 1 unspecified atom stereocenters. The topological polar surface area (TPSA) is 95.2 Å². The van der Waals surface area contributed by atoms with E-state index in [0.717, 1.165) is 16.9 Å². The van der Waals surface area contributed by atoms with Gasteiger partial charge in [-0.25, -0.2) is 9.37 Å². The van der Waals surface area contributed by atoms with Crippen molar-refractivity contribution in [1.29, 1.82) is 5.26 Å². The molecule has 0 aliphatic carbocycles. The van der Waals surface area contributed by atoms with E-state index in [1.807, 2.05) is 48.5 Å². The third-order valence-corrected chi connectivity index (χ3v) is 5.37. The van der Waals surface area contributed by atoms with Crippen molar-refractivity contribution in [3.63, 3.8) is 0 Å². The average molecular weight is 441 g/mol. The minimum Gasteiger partial charge on any atom is -0.497 e. The Bertz CT molecular complexity index is 1380. The number of aromatic nitrogens is 1. The maximum Gasteiger partial charge on any atom is 0.325 e. The summed E-state index contributed by atoms with van der Waals surface area (Å²) in [6.07, 6.45) is 0. The van der Waals surface area contributed by atoms with Gasteiger partial charge >= 0.3 is 5.97 Å². The summed E-state index contributed by atoms with van der Waals surface area (Å²) in [5, 5.41) is 22.5. The number of aliphatic carboxylic acids is 1. The highest BCUT2D eigenvalue weighted by Crippen LogP contribution is 2.35. The Morgan fingerprint density at radius 3 is 2.24 bits per heavy atom. The predicted molar refractivity (Wildman–Crippen MR) is 125 cm³/mol. The number of halogens is 1. The second-order valence-electron chi connectivity index (χ2n) is 7.49. The van der Waals surface area contributed by atoms with E-state index in [-0.39, 0.29) is 11.3 Å². The van der Waals surface area contributed by atoms with Crippen LogP contribution in [0, 0.1) is 17.1 Å². The van der Waals surface area contributed by atoms with Crippen molar-refractivity contribution in [2.75, 3.05) is 12.4 Å². The van der Waals surface area contributed by atoms with Crippen molar-refractivity contribution in [2.24, 2.45) is 0 Å². The Morgan fingerprint density at radius 2 is 1.67 bits per heavy atom. The number of benzene rings is 3. The molecule has 0 spiro atoms. The molecule has 2 N–H and O–H groups in total. The van der Waals surface area contributed by atoms with Gasteiger partial charge in [0.05, 0.1) is 24.0 Å². The molecule has 0 aliphatic heterocycles. The first kappa shape index (κ1) is 21.8. The number of rotatable bonds is 6. The van der Waals surface area contributed by atoms with Crippen molar-refractivity contribution in [3.8, 4) is 34.2 Å². The summed E-state index contributed by atoms with van der Waals surface area (Å²) in [7, 11) is 1.61. The van der Waals surface area contributed by atoms with Gasteiger partial charge in [-0.1, -0.05) is 36.4 Å². The van der Waals surface area contributed by atoms with Crippen LogP contribution in [0.5, 0.6) is 5.75 Å². The van der Waals surface area contributed by atoms with Crippen LogP contribution in [-0.4, -0.2) is 29.2 Å². The molecule has 33 heavy (non-hydrogen) atoms. The summed E-state index contributed by atoms with van der Waals surface area (Å²) in [6.45, 7) is 1.46. The number of nitrogens with zero attached hydrogens (tertiary/aromatic N) is 2. The molecule has 0 saturated carbocycles. The Balaban J connectivity index is 1.83. The molecule has 4 aromatic rings. The fourth-order valence-corrected chi connectivity index (χ4v) is 3.59. The van der Waals surface area contributed by atoms with Crippen molar-refractivity contribution in [3.05, 3.63) is 78.1 Å². The maximum atomic E-state index is 14.0. The monoisotopic (exact) mass is 441 g/mol. The molecule has 1 heterocycles. The number of carboxylic acids is 1. The van der Waals surface area contributed by atoms with E-state index < -0.39 is 17.8 Å². The average Bonchev–Trinajstić information content (AvgIpc) is 2.84. The van der Waals surface area contributed by atoms with E-state index >= 15 is 0 Å². The lowest BCUT2D eigenvalue weighted by Crippen LogP contribution is -2.26. The van der Waals surface area contributed by atoms with Crippen LogP contribution in [0.2, 0.25) is 0 Å². The molecule has 164 valence electrons. The van der Waals surface area contributed by atoms with Crippen LogP contribution in [0.15, 0.2) is 66.7 Å². The number of hydrogen-bond donors (Lipinski definition) is 2. The Kier molecular flexibility index (Phi) is 5.92. The quantitative estimate of drug-likeness (QED) is 0.412. The molecule has 1 atom stereocenters. The van der Waals surface area contributed by atoms with Crippen LogP contribution in [0.4, 0.5) is 10.1 Å². The van der Waals surface area contributed by atoms with Gasteiger partial charge in [-0.2, -0.15) is 5.26 Å². The second-order valence-corrected chi connectivity index (χ2v) is 7.49. The normalized spacial score (nSPS) is 11.6. The van der Waals surface area contributed by atoms with Crippen LogP contribution >= 0.6 is 0 Å². The first-order valence-electron chi connectivity index (χ1n) is 10.2. The predicted octanol–water partition coefficient (Wildman–Crippen LogP) is 5.47. The molecule has 0 bridgehead atoms. The van der Waals surface area contributed by atoms with Crippen LogP contribution < -0.4 is 10.1 Å². The third kappa shape index (κ3) is 4.32. The molecule has 0 radical (unpaired) electrons. The van der Waals surface area contributed by atoms with E-state index in [1.165, 1.54) is 25.1 Å². The fraction of sp³-hybridized carbons (Fsp3) is 0.115. The van der Waals surface area contributed by atoms with Gasteiger partial charge in [0.25, 0.3) is 0 Å². The number of nitriles is 1. The number of methoxy groups -OCH3 is 1. The Morgan fingerprint density at radius 1 is 1.06 bits per heavy atom. The van der Waals surface area contributed by atoms with Crippen LogP contribution in [0.3, 0.4) is 0 Å². The minimum atomic E-state index is -1.09. The lowest BCUT2D eigenvalue weighted by atomic mass is 9.98. The number of ether oxygens (including phenoxy) is 1. The summed E-state index contributed by atoms with van der Waals surface area (Å²) < 4.78 is 19.2. The van der Waals surface area contributed by atoms with E-state index in [0.29, 0.717) is 22.2 Å². The van der Waals surface area contributed by atoms with E-state index in [1.54, 1.807) is 7.11 Å². The summed E-state index contributed by atoms with van der Waals surface area (Å²) >= 11 is 0. The van der Waals surface area contributed by atoms with Crippen molar-refractivity contribution >= 4 is 22.6 Å². The van der Waals surface area contributed by atoms with E-state index in [2.05, 4.69) is 16.4 Å². The number of fused-ring (bicyclic) bond motifs is 1. The Labute approximate surface area is 189 Å². The molecule has 0 amide bonds. The molecule has 0 aliphatic rings. The fourth-order valence-electron chi connectivity index (χ4n) is 3.59. The van der Waals surface area contributed by atoms with E-state index in [9.17, 15) is 19.6 Å². The highest BCUT2D eigenvalue weighted by molar-refractivity contribution is 5.99. The standard InChI is InChI=1S/C26H20FN3O3/c1-15(26(31)32)29-25-21-13-19(27)9-12-23(21)30-24(22(25)14-28)18-5-3-16(4-6-18)17-7-10-20(33-2)11-8-17/h3-13,15H,1-2H3,(H,29,30)(H,31,32). The zero-order valence-electron chi connectivity index (χ0n) is 18.0. The highest BCUT2D eigenvalue weighted by atomic mass is 19.1. The Hall–Kier alpha value is -4.44. The van der Waals surface area contributed by atoms with Gasteiger partial charge in [0.15, 0.2) is 0 Å². The molecular formula is C26H20FN3O3. The molecule has 0 saturated heterocycles.